The summed E-state index contributed by atoms with van der Waals surface area (Å²) in [7, 11) is 1.50. The number of benzene rings is 1. The van der Waals surface area contributed by atoms with Crippen LogP contribution in [0.15, 0.2) is 42.7 Å². The third kappa shape index (κ3) is 2.42. The van der Waals surface area contributed by atoms with Gasteiger partial charge in [-0.05, 0) is 17.7 Å². The Bertz CT molecular complexity index is 502. The number of aromatic nitrogens is 1. The van der Waals surface area contributed by atoms with Gasteiger partial charge in [-0.3, -0.25) is 4.98 Å². The first-order valence-electron chi connectivity index (χ1n) is 5.21. The first kappa shape index (κ1) is 11.5. The van der Waals surface area contributed by atoms with Crippen molar-refractivity contribution in [2.45, 2.75) is 6.04 Å². The van der Waals surface area contributed by atoms with Crippen LogP contribution in [0.2, 0.25) is 0 Å². The molecule has 88 valence electrons. The van der Waals surface area contributed by atoms with Gasteiger partial charge >= 0.3 is 0 Å². The molecule has 1 aromatic carbocycles. The maximum absolute atomic E-state index is 13.8. The zero-order valence-electron chi connectivity index (χ0n) is 9.43. The van der Waals surface area contributed by atoms with Crippen LogP contribution < -0.4 is 10.5 Å². The van der Waals surface area contributed by atoms with E-state index in [1.165, 1.54) is 13.2 Å². The third-order valence-corrected chi connectivity index (χ3v) is 2.59. The van der Waals surface area contributed by atoms with Crippen molar-refractivity contribution in [2.75, 3.05) is 7.11 Å². The molecule has 1 atom stereocenters. The molecule has 0 aliphatic rings. The van der Waals surface area contributed by atoms with Crippen molar-refractivity contribution in [2.24, 2.45) is 5.73 Å². The minimum Gasteiger partial charge on any atom is -0.497 e. The molecule has 1 aromatic heterocycles. The Kier molecular flexibility index (Phi) is 3.35. The van der Waals surface area contributed by atoms with Gasteiger partial charge in [0, 0.05) is 24.0 Å². The summed E-state index contributed by atoms with van der Waals surface area (Å²) < 4.78 is 18.7. The summed E-state index contributed by atoms with van der Waals surface area (Å²) in [5, 5.41) is 0. The van der Waals surface area contributed by atoms with Gasteiger partial charge in [0.05, 0.1) is 13.2 Å². The van der Waals surface area contributed by atoms with Crippen molar-refractivity contribution >= 4 is 0 Å². The number of halogens is 1. The lowest BCUT2D eigenvalue weighted by molar-refractivity contribution is 0.410. The molecule has 0 aliphatic carbocycles. The van der Waals surface area contributed by atoms with Gasteiger partial charge in [-0.25, -0.2) is 4.39 Å². The van der Waals surface area contributed by atoms with Crippen LogP contribution in [0.25, 0.3) is 0 Å². The second-order valence-electron chi connectivity index (χ2n) is 3.65. The monoisotopic (exact) mass is 232 g/mol. The number of nitrogens with zero attached hydrogens (tertiary/aromatic N) is 1. The number of methoxy groups -OCH3 is 1. The molecule has 3 nitrogen and oxygen atoms in total. The van der Waals surface area contributed by atoms with E-state index in [1.807, 2.05) is 6.07 Å². The maximum atomic E-state index is 13.8. The predicted molar refractivity (Wildman–Crippen MR) is 63.2 cm³/mol. The molecule has 0 radical (unpaired) electrons. The molecule has 2 N–H and O–H groups in total. The molecule has 2 aromatic rings. The lowest BCUT2D eigenvalue weighted by atomic mass is 10.0. The Morgan fingerprint density at radius 3 is 2.76 bits per heavy atom. The van der Waals surface area contributed by atoms with E-state index in [0.717, 1.165) is 5.56 Å². The van der Waals surface area contributed by atoms with Crippen molar-refractivity contribution < 1.29 is 9.13 Å². The van der Waals surface area contributed by atoms with Crippen LogP contribution in [-0.4, -0.2) is 12.1 Å². The van der Waals surface area contributed by atoms with Crippen molar-refractivity contribution in [3.05, 3.63) is 59.7 Å². The van der Waals surface area contributed by atoms with Crippen LogP contribution in [0.3, 0.4) is 0 Å². The number of nitrogens with two attached hydrogens (primary N) is 1. The highest BCUT2D eigenvalue weighted by molar-refractivity contribution is 5.35. The van der Waals surface area contributed by atoms with Gasteiger partial charge in [-0.1, -0.05) is 12.1 Å². The fraction of sp³-hybridized carbons (Fsp3) is 0.154. The Labute approximate surface area is 99.1 Å². The Balaban J connectivity index is 2.34. The molecular weight excluding hydrogens is 219 g/mol. The molecule has 2 rings (SSSR count). The summed E-state index contributed by atoms with van der Waals surface area (Å²) in [4.78, 5) is 3.97. The summed E-state index contributed by atoms with van der Waals surface area (Å²) in [6.45, 7) is 0. The lowest BCUT2D eigenvalue weighted by Gasteiger charge is -2.13. The van der Waals surface area contributed by atoms with Crippen LogP contribution in [0.1, 0.15) is 17.2 Å². The Morgan fingerprint density at radius 1 is 1.35 bits per heavy atom. The molecule has 0 bridgehead atoms. The number of hydrogen-bond acceptors (Lipinski definition) is 3. The second-order valence-corrected chi connectivity index (χ2v) is 3.65. The molecule has 0 saturated carbocycles. The average molecular weight is 232 g/mol. The number of pyridine rings is 1. The predicted octanol–water partition coefficient (Wildman–Crippen LogP) is 2.28. The Hall–Kier alpha value is -1.94. The van der Waals surface area contributed by atoms with E-state index in [4.69, 9.17) is 10.5 Å². The first-order valence-corrected chi connectivity index (χ1v) is 5.21. The normalized spacial score (nSPS) is 12.2. The van der Waals surface area contributed by atoms with Crippen LogP contribution in [-0.2, 0) is 0 Å². The summed E-state index contributed by atoms with van der Waals surface area (Å²) >= 11 is 0. The highest BCUT2D eigenvalue weighted by Crippen LogP contribution is 2.24. The minimum atomic E-state index is -0.519. The molecule has 0 amide bonds. The molecule has 1 unspecified atom stereocenters. The van der Waals surface area contributed by atoms with Crippen LogP contribution >= 0.6 is 0 Å². The van der Waals surface area contributed by atoms with Gasteiger partial charge in [-0.2, -0.15) is 0 Å². The topological polar surface area (TPSA) is 48.1 Å². The quantitative estimate of drug-likeness (QED) is 0.883. The zero-order chi connectivity index (χ0) is 12.3. The number of hydrogen-bond donors (Lipinski definition) is 1. The summed E-state index contributed by atoms with van der Waals surface area (Å²) in [5.74, 6) is 0.102. The molecule has 4 heteroatoms. The zero-order valence-corrected chi connectivity index (χ0v) is 9.43. The van der Waals surface area contributed by atoms with E-state index < -0.39 is 6.04 Å². The third-order valence-electron chi connectivity index (χ3n) is 2.59. The number of rotatable bonds is 3. The SMILES string of the molecule is COc1ccc(C(N)c2cccnc2)c(F)c1. The van der Waals surface area contributed by atoms with Gasteiger partial charge in [0.1, 0.15) is 11.6 Å². The maximum Gasteiger partial charge on any atom is 0.132 e. The highest BCUT2D eigenvalue weighted by atomic mass is 19.1. The fourth-order valence-corrected chi connectivity index (χ4v) is 1.63. The first-order chi connectivity index (χ1) is 8.22. The van der Waals surface area contributed by atoms with E-state index in [-0.39, 0.29) is 5.82 Å². The summed E-state index contributed by atoms with van der Waals surface area (Å²) in [5.41, 5.74) is 7.19. The van der Waals surface area contributed by atoms with Crippen molar-refractivity contribution in [1.29, 1.82) is 0 Å². The van der Waals surface area contributed by atoms with Crippen molar-refractivity contribution in [3.8, 4) is 5.75 Å². The van der Waals surface area contributed by atoms with Gasteiger partial charge in [-0.15, -0.1) is 0 Å². The Morgan fingerprint density at radius 2 is 2.18 bits per heavy atom. The van der Waals surface area contributed by atoms with Gasteiger partial charge in [0.2, 0.25) is 0 Å². The van der Waals surface area contributed by atoms with E-state index in [0.29, 0.717) is 11.3 Å². The van der Waals surface area contributed by atoms with Gasteiger partial charge in [0.15, 0.2) is 0 Å². The fourth-order valence-electron chi connectivity index (χ4n) is 1.63. The molecule has 0 aliphatic heterocycles. The summed E-state index contributed by atoms with van der Waals surface area (Å²) in [6, 6.07) is 7.72. The average Bonchev–Trinajstić information content (AvgIpc) is 2.39. The second kappa shape index (κ2) is 4.93. The van der Waals surface area contributed by atoms with Gasteiger partial charge < -0.3 is 10.5 Å². The van der Waals surface area contributed by atoms with E-state index in [1.54, 1.807) is 30.6 Å². The van der Waals surface area contributed by atoms with Crippen LogP contribution in [0, 0.1) is 5.82 Å². The van der Waals surface area contributed by atoms with Crippen LogP contribution in [0.4, 0.5) is 4.39 Å². The molecule has 0 spiro atoms. The van der Waals surface area contributed by atoms with Gasteiger partial charge in [0.25, 0.3) is 0 Å². The van der Waals surface area contributed by atoms with E-state index in [9.17, 15) is 4.39 Å². The smallest absolute Gasteiger partial charge is 0.132 e. The lowest BCUT2D eigenvalue weighted by Crippen LogP contribution is -2.13. The highest BCUT2D eigenvalue weighted by Gasteiger charge is 2.14. The summed E-state index contributed by atoms with van der Waals surface area (Å²) in [6.07, 6.45) is 3.29. The molecule has 0 saturated heterocycles. The van der Waals surface area contributed by atoms with Crippen molar-refractivity contribution in [3.63, 3.8) is 0 Å². The number of ether oxygens (including phenoxy) is 1. The molecular formula is C13H13FN2O. The van der Waals surface area contributed by atoms with Crippen LogP contribution in [0.5, 0.6) is 5.75 Å². The molecule has 1 heterocycles. The van der Waals surface area contributed by atoms with E-state index >= 15 is 0 Å². The standard InChI is InChI=1S/C13H13FN2O/c1-17-10-4-5-11(12(14)7-10)13(15)9-3-2-6-16-8-9/h2-8,13H,15H2,1H3. The largest absolute Gasteiger partial charge is 0.497 e. The van der Waals surface area contributed by atoms with Crippen molar-refractivity contribution in [1.82, 2.24) is 4.98 Å². The molecule has 17 heavy (non-hydrogen) atoms. The molecule has 0 fully saturated rings. The minimum absolute atomic E-state index is 0.374. The van der Waals surface area contributed by atoms with E-state index in [2.05, 4.69) is 4.98 Å².